The smallest absolute Gasteiger partial charge is 0.260 e. The third kappa shape index (κ3) is 3.18. The Labute approximate surface area is 112 Å². The van der Waals surface area contributed by atoms with Gasteiger partial charge in [0.2, 0.25) is 0 Å². The van der Waals surface area contributed by atoms with Gasteiger partial charge >= 0.3 is 0 Å². The highest BCUT2D eigenvalue weighted by molar-refractivity contribution is 7.98. The maximum atomic E-state index is 10.7. The molecule has 0 radical (unpaired) electrons. The third-order valence-electron chi connectivity index (χ3n) is 2.16. The Kier molecular flexibility index (Phi) is 4.11. The van der Waals surface area contributed by atoms with Crippen molar-refractivity contribution >= 4 is 29.1 Å². The summed E-state index contributed by atoms with van der Waals surface area (Å²) < 4.78 is 0. The minimum Gasteiger partial charge on any atom is -0.260 e. The van der Waals surface area contributed by atoms with E-state index in [1.54, 1.807) is 18.6 Å². The summed E-state index contributed by atoms with van der Waals surface area (Å²) in [6, 6.07) is 4.40. The first-order valence-electron chi connectivity index (χ1n) is 4.98. The van der Waals surface area contributed by atoms with Crippen LogP contribution in [0, 0.1) is 10.1 Å². The molecule has 0 saturated carbocycles. The fraction of sp³-hybridized carbons (Fsp3) is 0.0909. The Balaban J connectivity index is 2.14. The molecule has 0 aliphatic heterocycles. The van der Waals surface area contributed by atoms with Crippen LogP contribution in [0.3, 0.4) is 0 Å². The second-order valence-electron chi connectivity index (χ2n) is 3.37. The number of halogens is 1. The molecule has 0 fully saturated rings. The molecule has 0 atom stereocenters. The van der Waals surface area contributed by atoms with Gasteiger partial charge in [-0.2, -0.15) is 0 Å². The van der Waals surface area contributed by atoms with E-state index in [4.69, 9.17) is 11.6 Å². The number of nitrogens with zero attached hydrogens (tertiary/aromatic N) is 3. The van der Waals surface area contributed by atoms with Gasteiger partial charge in [-0.1, -0.05) is 11.6 Å². The van der Waals surface area contributed by atoms with Crippen LogP contribution >= 0.6 is 23.4 Å². The predicted octanol–water partition coefficient (Wildman–Crippen LogP) is 3.33. The van der Waals surface area contributed by atoms with Crippen LogP contribution < -0.4 is 0 Å². The zero-order valence-electron chi connectivity index (χ0n) is 9.12. The number of benzene rings is 1. The Bertz CT molecular complexity index is 565. The van der Waals surface area contributed by atoms with Gasteiger partial charge in [-0.05, 0) is 11.6 Å². The van der Waals surface area contributed by atoms with E-state index in [1.807, 2.05) is 0 Å². The third-order valence-corrected chi connectivity index (χ3v) is 3.49. The summed E-state index contributed by atoms with van der Waals surface area (Å²) in [5.41, 5.74) is 0.746. The molecule has 1 aromatic heterocycles. The van der Waals surface area contributed by atoms with Crippen LogP contribution in [-0.4, -0.2) is 14.9 Å². The maximum absolute atomic E-state index is 10.7. The summed E-state index contributed by atoms with van der Waals surface area (Å²) in [5.74, 6) is 0.513. The van der Waals surface area contributed by atoms with Gasteiger partial charge in [0, 0.05) is 35.3 Å². The van der Waals surface area contributed by atoms with Crippen LogP contribution in [-0.2, 0) is 5.75 Å². The molecule has 1 heterocycles. The molecule has 0 amide bonds. The summed E-state index contributed by atoms with van der Waals surface area (Å²) in [5, 5.41) is 11.9. The number of hydrogen-bond donors (Lipinski definition) is 0. The van der Waals surface area contributed by atoms with Crippen molar-refractivity contribution in [1.29, 1.82) is 0 Å². The molecule has 1 aromatic carbocycles. The summed E-state index contributed by atoms with van der Waals surface area (Å²) in [7, 11) is 0. The lowest BCUT2D eigenvalue weighted by Crippen LogP contribution is -1.91. The molecule has 0 spiro atoms. The molecule has 7 heteroatoms. The Morgan fingerprint density at radius 1 is 1.39 bits per heavy atom. The van der Waals surface area contributed by atoms with Gasteiger partial charge < -0.3 is 0 Å². The molecule has 0 unspecified atom stereocenters. The first-order chi connectivity index (χ1) is 8.66. The number of thioether (sulfide) groups is 1. The summed E-state index contributed by atoms with van der Waals surface area (Å²) in [6.07, 6.45) is 4.82. The largest absolute Gasteiger partial charge is 0.269 e. The topological polar surface area (TPSA) is 68.9 Å². The molecule has 2 aromatic rings. The minimum absolute atomic E-state index is 0.0362. The van der Waals surface area contributed by atoms with Gasteiger partial charge in [-0.25, -0.2) is 4.98 Å². The van der Waals surface area contributed by atoms with Crippen molar-refractivity contribution in [3.63, 3.8) is 0 Å². The maximum Gasteiger partial charge on any atom is 0.269 e. The molecule has 0 N–H and O–H groups in total. The number of non-ortho nitro benzene ring substituents is 1. The molecule has 0 aliphatic rings. The zero-order valence-corrected chi connectivity index (χ0v) is 10.7. The van der Waals surface area contributed by atoms with E-state index in [2.05, 4.69) is 9.97 Å². The van der Waals surface area contributed by atoms with E-state index in [0.29, 0.717) is 16.3 Å². The molecule has 92 valence electrons. The van der Waals surface area contributed by atoms with Gasteiger partial charge in [0.15, 0.2) is 0 Å². The highest BCUT2D eigenvalue weighted by Crippen LogP contribution is 2.28. The SMILES string of the molecule is O=[N+]([O-])c1ccc(Cl)c(CSc2cnccn2)c1. The summed E-state index contributed by atoms with van der Waals surface area (Å²) >= 11 is 7.42. The van der Waals surface area contributed by atoms with E-state index in [1.165, 1.54) is 30.0 Å². The van der Waals surface area contributed by atoms with Gasteiger partial charge in [0.05, 0.1) is 11.1 Å². The fourth-order valence-electron chi connectivity index (χ4n) is 1.30. The number of hydrogen-bond acceptors (Lipinski definition) is 5. The summed E-state index contributed by atoms with van der Waals surface area (Å²) in [4.78, 5) is 18.3. The number of nitro groups is 1. The van der Waals surface area contributed by atoms with E-state index in [0.717, 1.165) is 5.03 Å². The van der Waals surface area contributed by atoms with Crippen molar-refractivity contribution in [2.24, 2.45) is 0 Å². The number of aromatic nitrogens is 2. The van der Waals surface area contributed by atoms with Gasteiger partial charge in [0.25, 0.3) is 5.69 Å². The Morgan fingerprint density at radius 2 is 2.22 bits per heavy atom. The van der Waals surface area contributed by atoms with Crippen LogP contribution in [0.4, 0.5) is 5.69 Å². The Hall–Kier alpha value is -1.66. The molecule has 18 heavy (non-hydrogen) atoms. The van der Waals surface area contributed by atoms with Crippen LogP contribution in [0.2, 0.25) is 5.02 Å². The van der Waals surface area contributed by atoms with Crippen LogP contribution in [0.15, 0.2) is 41.8 Å². The monoisotopic (exact) mass is 281 g/mol. The minimum atomic E-state index is -0.438. The van der Waals surface area contributed by atoms with Crippen LogP contribution in [0.1, 0.15) is 5.56 Å². The van der Waals surface area contributed by atoms with E-state index < -0.39 is 4.92 Å². The zero-order chi connectivity index (χ0) is 13.0. The van der Waals surface area contributed by atoms with E-state index in [9.17, 15) is 10.1 Å². The van der Waals surface area contributed by atoms with Gasteiger partial charge in [0.1, 0.15) is 5.03 Å². The molecule has 0 bridgehead atoms. The lowest BCUT2D eigenvalue weighted by molar-refractivity contribution is -0.384. The molecule has 5 nitrogen and oxygen atoms in total. The molecule has 2 rings (SSSR count). The van der Waals surface area contributed by atoms with Crippen molar-refractivity contribution in [3.8, 4) is 0 Å². The molecule has 0 aliphatic carbocycles. The quantitative estimate of drug-likeness (QED) is 0.488. The second kappa shape index (κ2) is 5.79. The normalized spacial score (nSPS) is 10.3. The van der Waals surface area contributed by atoms with E-state index >= 15 is 0 Å². The van der Waals surface area contributed by atoms with Crippen molar-refractivity contribution in [3.05, 3.63) is 57.5 Å². The average Bonchev–Trinajstić information content (AvgIpc) is 2.38. The highest BCUT2D eigenvalue weighted by atomic mass is 35.5. The van der Waals surface area contributed by atoms with Crippen molar-refractivity contribution in [1.82, 2.24) is 9.97 Å². The lowest BCUT2D eigenvalue weighted by atomic mass is 10.2. The molecule has 0 saturated heterocycles. The first-order valence-corrected chi connectivity index (χ1v) is 6.35. The Morgan fingerprint density at radius 3 is 2.89 bits per heavy atom. The standard InChI is InChI=1S/C11H8ClN3O2S/c12-10-2-1-9(15(16)17)5-8(10)7-18-11-6-13-3-4-14-11/h1-6H,7H2. The number of rotatable bonds is 4. The van der Waals surface area contributed by atoms with Crippen LogP contribution in [0.25, 0.3) is 0 Å². The first kappa shape index (κ1) is 12.8. The summed E-state index contributed by atoms with van der Waals surface area (Å²) in [6.45, 7) is 0. The van der Waals surface area contributed by atoms with E-state index in [-0.39, 0.29) is 5.69 Å². The van der Waals surface area contributed by atoms with Crippen molar-refractivity contribution < 1.29 is 4.92 Å². The number of nitro benzene ring substituents is 1. The van der Waals surface area contributed by atoms with Crippen molar-refractivity contribution in [2.45, 2.75) is 10.8 Å². The lowest BCUT2D eigenvalue weighted by Gasteiger charge is -2.03. The fourth-order valence-corrected chi connectivity index (χ4v) is 2.37. The van der Waals surface area contributed by atoms with Crippen LogP contribution in [0.5, 0.6) is 0 Å². The van der Waals surface area contributed by atoms with Crippen molar-refractivity contribution in [2.75, 3.05) is 0 Å². The predicted molar refractivity (Wildman–Crippen MR) is 69.7 cm³/mol. The molecular weight excluding hydrogens is 274 g/mol. The average molecular weight is 282 g/mol. The highest BCUT2D eigenvalue weighted by Gasteiger charge is 2.10. The van der Waals surface area contributed by atoms with Gasteiger partial charge in [-0.3, -0.25) is 15.1 Å². The molecular formula is C11H8ClN3O2S. The van der Waals surface area contributed by atoms with Gasteiger partial charge in [-0.15, -0.1) is 11.8 Å². The second-order valence-corrected chi connectivity index (χ2v) is 4.77.